The molecule has 0 spiro atoms. The number of ether oxygens (including phenoxy) is 1. The summed E-state index contributed by atoms with van der Waals surface area (Å²) in [5.74, 6) is -0.807. The molecule has 2 heterocycles. The molecule has 0 radical (unpaired) electrons. The summed E-state index contributed by atoms with van der Waals surface area (Å²) >= 11 is 0. The Hall–Kier alpha value is -4.27. The predicted molar refractivity (Wildman–Crippen MR) is 120 cm³/mol. The van der Waals surface area contributed by atoms with Crippen LogP contribution in [-0.2, 0) is 4.79 Å². The Morgan fingerprint density at radius 1 is 1.22 bits per heavy atom. The lowest BCUT2D eigenvalue weighted by Crippen LogP contribution is -2.16. The van der Waals surface area contributed by atoms with Crippen molar-refractivity contribution >= 4 is 28.3 Å². The van der Waals surface area contributed by atoms with Gasteiger partial charge in [-0.15, -0.1) is 0 Å². The highest BCUT2D eigenvalue weighted by molar-refractivity contribution is 6.18. The van der Waals surface area contributed by atoms with Crippen molar-refractivity contribution in [3.63, 3.8) is 0 Å². The van der Waals surface area contributed by atoms with Crippen LogP contribution in [0.1, 0.15) is 24.1 Å². The number of anilines is 1. The molecular formula is C23H21FN6O2. The number of hydrogen-bond acceptors (Lipinski definition) is 6. The minimum atomic E-state index is -0.615. The number of methoxy groups -OCH3 is 1. The SMILES string of the molecule is C=C(C(N)=O)c1ccccc1C(C)n1nc(-c2ccc(OC)c(F)c2)c2c(N)ncnc21. The van der Waals surface area contributed by atoms with Gasteiger partial charge in [0.15, 0.2) is 17.2 Å². The number of nitrogens with zero attached hydrogens (tertiary/aromatic N) is 4. The first-order valence-corrected chi connectivity index (χ1v) is 9.74. The van der Waals surface area contributed by atoms with Gasteiger partial charge in [0.05, 0.1) is 18.5 Å². The summed E-state index contributed by atoms with van der Waals surface area (Å²) in [5, 5.41) is 5.21. The van der Waals surface area contributed by atoms with Crippen LogP contribution in [0.5, 0.6) is 5.75 Å². The van der Waals surface area contributed by atoms with E-state index in [4.69, 9.17) is 21.3 Å². The molecule has 2 aromatic carbocycles. The fourth-order valence-electron chi connectivity index (χ4n) is 3.68. The van der Waals surface area contributed by atoms with Crippen molar-refractivity contribution in [2.75, 3.05) is 12.8 Å². The third kappa shape index (κ3) is 3.43. The first-order chi connectivity index (χ1) is 15.3. The monoisotopic (exact) mass is 432 g/mol. The van der Waals surface area contributed by atoms with Crippen LogP contribution in [0.25, 0.3) is 27.9 Å². The molecule has 0 aliphatic rings. The summed E-state index contributed by atoms with van der Waals surface area (Å²) in [6.45, 7) is 5.71. The van der Waals surface area contributed by atoms with E-state index in [2.05, 4.69) is 16.5 Å². The molecule has 4 aromatic rings. The molecule has 4 rings (SSSR count). The van der Waals surface area contributed by atoms with E-state index in [-0.39, 0.29) is 23.2 Å². The summed E-state index contributed by atoms with van der Waals surface area (Å²) < 4.78 is 21.1. The number of fused-ring (bicyclic) bond motifs is 1. The van der Waals surface area contributed by atoms with E-state index in [1.807, 2.05) is 19.1 Å². The van der Waals surface area contributed by atoms with Crippen molar-refractivity contribution in [3.05, 3.63) is 72.3 Å². The zero-order chi connectivity index (χ0) is 23.0. The average Bonchev–Trinajstić information content (AvgIpc) is 3.19. The summed E-state index contributed by atoms with van der Waals surface area (Å²) in [6.07, 6.45) is 1.34. The molecule has 8 nitrogen and oxygen atoms in total. The number of benzene rings is 2. The third-order valence-electron chi connectivity index (χ3n) is 5.34. The Labute approximate surface area is 183 Å². The quantitative estimate of drug-likeness (QED) is 0.451. The van der Waals surface area contributed by atoms with Gasteiger partial charge in [0.25, 0.3) is 0 Å². The van der Waals surface area contributed by atoms with Crippen molar-refractivity contribution in [2.24, 2.45) is 5.73 Å². The first-order valence-electron chi connectivity index (χ1n) is 9.74. The number of rotatable bonds is 6. The minimum absolute atomic E-state index is 0.119. The third-order valence-corrected chi connectivity index (χ3v) is 5.34. The lowest BCUT2D eigenvalue weighted by atomic mass is 9.96. The number of primary amides is 1. The normalized spacial score (nSPS) is 12.0. The van der Waals surface area contributed by atoms with Crippen LogP contribution in [-0.4, -0.2) is 32.8 Å². The van der Waals surface area contributed by atoms with E-state index in [1.54, 1.807) is 22.9 Å². The molecule has 1 atom stereocenters. The van der Waals surface area contributed by atoms with Gasteiger partial charge in [-0.25, -0.2) is 19.0 Å². The van der Waals surface area contributed by atoms with E-state index in [9.17, 15) is 9.18 Å². The second-order valence-electron chi connectivity index (χ2n) is 7.21. The number of carbonyl (C=O) groups is 1. The molecule has 0 saturated carbocycles. The van der Waals surface area contributed by atoms with Gasteiger partial charge in [0.2, 0.25) is 5.91 Å². The second-order valence-corrected chi connectivity index (χ2v) is 7.21. The van der Waals surface area contributed by atoms with Crippen LogP contribution >= 0.6 is 0 Å². The van der Waals surface area contributed by atoms with Crippen molar-refractivity contribution in [1.82, 2.24) is 19.7 Å². The van der Waals surface area contributed by atoms with E-state index in [1.165, 1.54) is 25.6 Å². The average molecular weight is 432 g/mol. The van der Waals surface area contributed by atoms with Crippen LogP contribution in [0.2, 0.25) is 0 Å². The second kappa shape index (κ2) is 8.10. The van der Waals surface area contributed by atoms with E-state index in [0.717, 1.165) is 5.56 Å². The van der Waals surface area contributed by atoms with Crippen molar-refractivity contribution in [2.45, 2.75) is 13.0 Å². The van der Waals surface area contributed by atoms with Crippen molar-refractivity contribution < 1.29 is 13.9 Å². The molecule has 4 N–H and O–H groups in total. The Balaban J connectivity index is 1.93. The molecule has 162 valence electrons. The summed E-state index contributed by atoms with van der Waals surface area (Å²) in [7, 11) is 1.40. The van der Waals surface area contributed by atoms with Crippen molar-refractivity contribution in [3.8, 4) is 17.0 Å². The maximum absolute atomic E-state index is 14.4. The van der Waals surface area contributed by atoms with Crippen LogP contribution in [0, 0.1) is 5.82 Å². The number of hydrogen-bond donors (Lipinski definition) is 2. The molecule has 0 aliphatic carbocycles. The fourth-order valence-corrected chi connectivity index (χ4v) is 3.68. The maximum atomic E-state index is 14.4. The first kappa shape index (κ1) is 21.0. The Kier molecular flexibility index (Phi) is 5.31. The van der Waals surface area contributed by atoms with E-state index >= 15 is 0 Å². The lowest BCUT2D eigenvalue weighted by molar-refractivity contribution is -0.112. The topological polar surface area (TPSA) is 122 Å². The highest BCUT2D eigenvalue weighted by Crippen LogP contribution is 2.35. The van der Waals surface area contributed by atoms with Crippen LogP contribution in [0.4, 0.5) is 10.2 Å². The summed E-state index contributed by atoms with van der Waals surface area (Å²) in [4.78, 5) is 20.2. The van der Waals surface area contributed by atoms with Gasteiger partial charge in [-0.3, -0.25) is 4.79 Å². The minimum Gasteiger partial charge on any atom is -0.494 e. The summed E-state index contributed by atoms with van der Waals surface area (Å²) in [5.41, 5.74) is 14.6. The van der Waals surface area contributed by atoms with Crippen LogP contribution < -0.4 is 16.2 Å². The highest BCUT2D eigenvalue weighted by Gasteiger charge is 2.24. The molecule has 1 unspecified atom stereocenters. The fraction of sp³-hybridized carbons (Fsp3) is 0.130. The van der Waals surface area contributed by atoms with Gasteiger partial charge in [-0.1, -0.05) is 30.8 Å². The van der Waals surface area contributed by atoms with Gasteiger partial charge < -0.3 is 16.2 Å². The molecule has 0 saturated heterocycles. The number of halogens is 1. The molecule has 1 amide bonds. The lowest BCUT2D eigenvalue weighted by Gasteiger charge is -2.18. The number of nitrogens with two attached hydrogens (primary N) is 2. The van der Waals surface area contributed by atoms with Gasteiger partial charge >= 0.3 is 0 Å². The molecule has 32 heavy (non-hydrogen) atoms. The number of carbonyl (C=O) groups excluding carboxylic acids is 1. The zero-order valence-electron chi connectivity index (χ0n) is 17.5. The van der Waals surface area contributed by atoms with Crippen molar-refractivity contribution in [1.29, 1.82) is 0 Å². The van der Waals surface area contributed by atoms with Gasteiger partial charge in [0.1, 0.15) is 17.8 Å². The zero-order valence-corrected chi connectivity index (χ0v) is 17.5. The Bertz CT molecular complexity index is 1360. The largest absolute Gasteiger partial charge is 0.494 e. The highest BCUT2D eigenvalue weighted by atomic mass is 19.1. The molecule has 9 heteroatoms. The molecular weight excluding hydrogens is 411 g/mol. The standard InChI is InChI=1S/C23H21FN6O2/c1-12(22(26)31)15-6-4-5-7-16(15)13(2)30-23-19(21(25)27-11-28-23)20(29-30)14-8-9-18(32-3)17(24)10-14/h4-11,13H,1H2,2-3H3,(H2,26,31)(H2,25,27,28). The van der Waals surface area contributed by atoms with Gasteiger partial charge in [0, 0.05) is 11.1 Å². The maximum Gasteiger partial charge on any atom is 0.248 e. The molecule has 0 fully saturated rings. The van der Waals surface area contributed by atoms with Crippen LogP contribution in [0.15, 0.2) is 55.4 Å². The molecule has 0 bridgehead atoms. The predicted octanol–water partition coefficient (Wildman–Crippen LogP) is 3.33. The Morgan fingerprint density at radius 3 is 2.66 bits per heavy atom. The van der Waals surface area contributed by atoms with Gasteiger partial charge in [-0.05, 0) is 36.2 Å². The van der Waals surface area contributed by atoms with E-state index in [0.29, 0.717) is 27.9 Å². The summed E-state index contributed by atoms with van der Waals surface area (Å²) in [6, 6.07) is 11.4. The Morgan fingerprint density at radius 2 is 1.97 bits per heavy atom. The van der Waals surface area contributed by atoms with E-state index < -0.39 is 11.7 Å². The number of nitrogen functional groups attached to an aromatic ring is 1. The van der Waals surface area contributed by atoms with Crippen LogP contribution in [0.3, 0.4) is 0 Å². The molecule has 2 aromatic heterocycles. The van der Waals surface area contributed by atoms with Gasteiger partial charge in [-0.2, -0.15) is 5.10 Å². The number of amides is 1. The smallest absolute Gasteiger partial charge is 0.248 e. The number of aromatic nitrogens is 4. The molecule has 0 aliphatic heterocycles.